The van der Waals surface area contributed by atoms with E-state index in [1.165, 1.54) is 0 Å². The Morgan fingerprint density at radius 3 is 2.72 bits per heavy atom. The van der Waals surface area contributed by atoms with Gasteiger partial charge in [-0.15, -0.1) is 0 Å². The van der Waals surface area contributed by atoms with Gasteiger partial charge in [0.15, 0.2) is 0 Å². The van der Waals surface area contributed by atoms with Crippen LogP contribution in [0, 0.1) is 0 Å². The van der Waals surface area contributed by atoms with E-state index in [9.17, 15) is 0 Å². The molecule has 0 aliphatic heterocycles. The van der Waals surface area contributed by atoms with Crippen molar-refractivity contribution in [2.24, 2.45) is 5.73 Å². The van der Waals surface area contributed by atoms with E-state index >= 15 is 0 Å². The molecule has 0 fully saturated rings. The summed E-state index contributed by atoms with van der Waals surface area (Å²) in [4.78, 5) is 0. The van der Waals surface area contributed by atoms with Crippen LogP contribution in [0.3, 0.4) is 0 Å². The van der Waals surface area contributed by atoms with Gasteiger partial charge in [0.05, 0.1) is 6.61 Å². The van der Waals surface area contributed by atoms with E-state index in [0.29, 0.717) is 13.2 Å². The molecule has 0 aromatic heterocycles. The third-order valence-electron chi connectivity index (χ3n) is 2.59. The van der Waals surface area contributed by atoms with Gasteiger partial charge in [-0.25, -0.2) is 0 Å². The Morgan fingerprint density at radius 1 is 1.28 bits per heavy atom. The topological polar surface area (TPSA) is 44.5 Å². The van der Waals surface area contributed by atoms with Gasteiger partial charge in [-0.1, -0.05) is 35.3 Å². The maximum Gasteiger partial charge on any atom is 0.125 e. The molecule has 0 heterocycles. The summed E-state index contributed by atoms with van der Waals surface area (Å²) in [6, 6.07) is 5.88. The first-order valence-electron chi connectivity index (χ1n) is 6.40. The van der Waals surface area contributed by atoms with Crippen molar-refractivity contribution >= 4 is 15.9 Å². The highest BCUT2D eigenvalue weighted by atomic mass is 79.9. The van der Waals surface area contributed by atoms with Crippen LogP contribution in [0.2, 0.25) is 0 Å². The average Bonchev–Trinajstić information content (AvgIpc) is 2.33. The predicted octanol–water partition coefficient (Wildman–Crippen LogP) is 3.66. The van der Waals surface area contributed by atoms with E-state index < -0.39 is 0 Å². The highest BCUT2D eigenvalue weighted by Gasteiger charge is 2.08. The van der Waals surface area contributed by atoms with Gasteiger partial charge in [0.1, 0.15) is 12.4 Å². The molecule has 102 valence electrons. The van der Waals surface area contributed by atoms with Crippen molar-refractivity contribution in [2.75, 3.05) is 19.8 Å². The fraction of sp³-hybridized carbons (Fsp3) is 0.571. The van der Waals surface area contributed by atoms with E-state index in [1.54, 1.807) is 0 Å². The lowest BCUT2D eigenvalue weighted by Gasteiger charge is -2.14. The van der Waals surface area contributed by atoms with Gasteiger partial charge in [0.25, 0.3) is 0 Å². The summed E-state index contributed by atoms with van der Waals surface area (Å²) < 4.78 is 12.2. The lowest BCUT2D eigenvalue weighted by Crippen LogP contribution is -2.11. The van der Waals surface area contributed by atoms with Crippen LogP contribution in [0.5, 0.6) is 5.75 Å². The maximum atomic E-state index is 5.91. The Morgan fingerprint density at radius 2 is 2.06 bits per heavy atom. The third-order valence-corrected chi connectivity index (χ3v) is 3.09. The maximum absolute atomic E-state index is 5.91. The van der Waals surface area contributed by atoms with E-state index in [2.05, 4.69) is 22.9 Å². The Labute approximate surface area is 118 Å². The number of halogens is 1. The average molecular weight is 316 g/mol. The first kappa shape index (κ1) is 15.5. The minimum atomic E-state index is -0.0332. The molecule has 0 aliphatic carbocycles. The minimum Gasteiger partial charge on any atom is -0.491 e. The fourth-order valence-corrected chi connectivity index (χ4v) is 1.91. The summed E-state index contributed by atoms with van der Waals surface area (Å²) in [5.74, 6) is 0.832. The second kappa shape index (κ2) is 8.51. The molecule has 1 aromatic rings. The van der Waals surface area contributed by atoms with E-state index in [4.69, 9.17) is 15.2 Å². The summed E-state index contributed by atoms with van der Waals surface area (Å²) in [5, 5.41) is 0. The van der Waals surface area contributed by atoms with Gasteiger partial charge in [-0.3, -0.25) is 0 Å². The van der Waals surface area contributed by atoms with Gasteiger partial charge >= 0.3 is 0 Å². The van der Waals surface area contributed by atoms with Crippen LogP contribution in [-0.4, -0.2) is 19.8 Å². The number of benzene rings is 1. The largest absolute Gasteiger partial charge is 0.491 e. The molecule has 1 atom stereocenters. The second-order valence-electron chi connectivity index (χ2n) is 4.29. The molecule has 1 rings (SSSR count). The molecular formula is C14H22BrNO2. The molecule has 0 saturated heterocycles. The van der Waals surface area contributed by atoms with Gasteiger partial charge < -0.3 is 15.2 Å². The number of hydrogen-bond acceptors (Lipinski definition) is 3. The summed E-state index contributed by atoms with van der Waals surface area (Å²) in [7, 11) is 0. The van der Waals surface area contributed by atoms with Gasteiger partial charge in [0, 0.05) is 22.7 Å². The van der Waals surface area contributed by atoms with Gasteiger partial charge in [-0.05, 0) is 25.5 Å². The smallest absolute Gasteiger partial charge is 0.125 e. The summed E-state index contributed by atoms with van der Waals surface area (Å²) in [6.45, 7) is 6.08. The monoisotopic (exact) mass is 315 g/mol. The molecule has 0 amide bonds. The van der Waals surface area contributed by atoms with Crippen LogP contribution < -0.4 is 10.5 Å². The molecule has 4 heteroatoms. The van der Waals surface area contributed by atoms with Crippen LogP contribution >= 0.6 is 15.9 Å². The van der Waals surface area contributed by atoms with Gasteiger partial charge in [-0.2, -0.15) is 0 Å². The van der Waals surface area contributed by atoms with Crippen LogP contribution in [0.4, 0.5) is 0 Å². The van der Waals surface area contributed by atoms with Gasteiger partial charge in [0.2, 0.25) is 0 Å². The normalized spacial score (nSPS) is 12.4. The highest BCUT2D eigenvalue weighted by Crippen LogP contribution is 2.27. The predicted molar refractivity (Wildman–Crippen MR) is 78.0 cm³/mol. The Kier molecular flexibility index (Phi) is 7.32. The Balaban J connectivity index is 2.43. The molecule has 0 bridgehead atoms. The zero-order valence-electron chi connectivity index (χ0n) is 11.1. The summed E-state index contributed by atoms with van der Waals surface area (Å²) >= 11 is 3.44. The van der Waals surface area contributed by atoms with Crippen LogP contribution in [0.1, 0.15) is 38.3 Å². The zero-order chi connectivity index (χ0) is 13.4. The summed E-state index contributed by atoms with van der Waals surface area (Å²) in [5.41, 5.74) is 6.93. The van der Waals surface area contributed by atoms with Crippen molar-refractivity contribution in [3.63, 3.8) is 0 Å². The van der Waals surface area contributed by atoms with Crippen LogP contribution in [-0.2, 0) is 4.74 Å². The molecule has 0 radical (unpaired) electrons. The van der Waals surface area contributed by atoms with Crippen molar-refractivity contribution < 1.29 is 9.47 Å². The number of rotatable bonds is 8. The molecular weight excluding hydrogens is 294 g/mol. The fourth-order valence-electron chi connectivity index (χ4n) is 1.57. The van der Waals surface area contributed by atoms with E-state index in [-0.39, 0.29) is 6.04 Å². The molecule has 1 aromatic carbocycles. The lowest BCUT2D eigenvalue weighted by atomic mass is 10.1. The second-order valence-corrected chi connectivity index (χ2v) is 5.20. The SMILES string of the molecule is CCCCOCCOc1cc(Br)ccc1[C@H](C)N. The first-order valence-corrected chi connectivity index (χ1v) is 7.20. The first-order chi connectivity index (χ1) is 8.65. The van der Waals surface area contributed by atoms with Crippen LogP contribution in [0.15, 0.2) is 22.7 Å². The zero-order valence-corrected chi connectivity index (χ0v) is 12.7. The van der Waals surface area contributed by atoms with Crippen molar-refractivity contribution in [1.29, 1.82) is 0 Å². The third kappa shape index (κ3) is 5.38. The minimum absolute atomic E-state index is 0.0332. The number of unbranched alkanes of at least 4 members (excludes halogenated alkanes) is 1. The number of nitrogens with two attached hydrogens (primary N) is 1. The van der Waals surface area contributed by atoms with Crippen molar-refractivity contribution in [3.8, 4) is 5.75 Å². The quantitative estimate of drug-likeness (QED) is 0.744. The standard InChI is InChI=1S/C14H22BrNO2/c1-3-4-7-17-8-9-18-14-10-12(15)5-6-13(14)11(2)16/h5-6,10-11H,3-4,7-9,16H2,1-2H3/t11-/m0/s1. The Hall–Kier alpha value is -0.580. The van der Waals surface area contributed by atoms with E-state index in [0.717, 1.165) is 35.2 Å². The number of hydrogen-bond donors (Lipinski definition) is 1. The molecule has 3 nitrogen and oxygen atoms in total. The molecule has 18 heavy (non-hydrogen) atoms. The van der Waals surface area contributed by atoms with Crippen LogP contribution in [0.25, 0.3) is 0 Å². The molecule has 0 spiro atoms. The summed E-state index contributed by atoms with van der Waals surface area (Å²) in [6.07, 6.45) is 2.25. The van der Waals surface area contributed by atoms with Crippen molar-refractivity contribution in [2.45, 2.75) is 32.7 Å². The molecule has 0 unspecified atom stereocenters. The van der Waals surface area contributed by atoms with Crippen molar-refractivity contribution in [3.05, 3.63) is 28.2 Å². The molecule has 0 saturated carbocycles. The molecule has 2 N–H and O–H groups in total. The number of ether oxygens (including phenoxy) is 2. The Bertz CT molecular complexity index is 356. The molecule has 0 aliphatic rings. The van der Waals surface area contributed by atoms with E-state index in [1.807, 2.05) is 25.1 Å². The highest BCUT2D eigenvalue weighted by molar-refractivity contribution is 9.10. The van der Waals surface area contributed by atoms with Crippen molar-refractivity contribution in [1.82, 2.24) is 0 Å². The lowest BCUT2D eigenvalue weighted by molar-refractivity contribution is 0.0976.